The van der Waals surface area contributed by atoms with Crippen LogP contribution in [0.15, 0.2) is 41.3 Å². The van der Waals surface area contributed by atoms with Gasteiger partial charge in [-0.05, 0) is 36.8 Å². The molecule has 0 radical (unpaired) electrons. The largest absolute Gasteiger partial charge is 0.324 e. The highest BCUT2D eigenvalue weighted by atomic mass is 35.5. The highest BCUT2D eigenvalue weighted by molar-refractivity contribution is 7.92. The standard InChI is InChI=1S/C16H13ClN2O4S/c1-9-3-2-4-11(17)15(9)16(21)18-10-5-6-12-13(7-10)24(22,23)8-14(20)19-12/h2-7H,8H2,1H3,(H,18,21)(H,19,20). The number of benzene rings is 2. The Morgan fingerprint density at radius 1 is 1.25 bits per heavy atom. The Hall–Kier alpha value is -2.38. The van der Waals surface area contributed by atoms with Gasteiger partial charge in [-0.1, -0.05) is 23.7 Å². The van der Waals surface area contributed by atoms with Crippen molar-refractivity contribution in [1.29, 1.82) is 0 Å². The van der Waals surface area contributed by atoms with Gasteiger partial charge < -0.3 is 10.6 Å². The zero-order chi connectivity index (χ0) is 17.5. The molecule has 0 aromatic heterocycles. The van der Waals surface area contributed by atoms with Crippen LogP contribution in [-0.2, 0) is 14.6 Å². The molecule has 2 aromatic rings. The topological polar surface area (TPSA) is 92.3 Å². The molecule has 24 heavy (non-hydrogen) atoms. The van der Waals surface area contributed by atoms with Gasteiger partial charge in [-0.3, -0.25) is 9.59 Å². The summed E-state index contributed by atoms with van der Waals surface area (Å²) in [6.45, 7) is 1.76. The lowest BCUT2D eigenvalue weighted by Gasteiger charge is -2.18. The van der Waals surface area contributed by atoms with Crippen LogP contribution < -0.4 is 10.6 Å². The van der Waals surface area contributed by atoms with Crippen LogP contribution in [0.2, 0.25) is 5.02 Å². The maximum absolute atomic E-state index is 12.4. The fourth-order valence-corrected chi connectivity index (χ4v) is 4.15. The summed E-state index contributed by atoms with van der Waals surface area (Å²) >= 11 is 6.06. The SMILES string of the molecule is Cc1cccc(Cl)c1C(=O)Nc1ccc2c(c1)S(=O)(=O)CC(=O)N2. The Kier molecular flexibility index (Phi) is 4.06. The first-order valence-electron chi connectivity index (χ1n) is 7.01. The third kappa shape index (κ3) is 3.00. The van der Waals surface area contributed by atoms with E-state index in [1.807, 2.05) is 0 Å². The number of hydrogen-bond donors (Lipinski definition) is 2. The van der Waals surface area contributed by atoms with Crippen molar-refractivity contribution in [3.05, 3.63) is 52.5 Å². The Morgan fingerprint density at radius 2 is 2.00 bits per heavy atom. The zero-order valence-corrected chi connectivity index (χ0v) is 14.2. The summed E-state index contributed by atoms with van der Waals surface area (Å²) < 4.78 is 24.2. The molecule has 0 bridgehead atoms. The van der Waals surface area contributed by atoms with Crippen molar-refractivity contribution in [1.82, 2.24) is 0 Å². The Morgan fingerprint density at radius 3 is 2.71 bits per heavy atom. The third-order valence-corrected chi connectivity index (χ3v) is 5.58. The molecule has 2 amide bonds. The van der Waals surface area contributed by atoms with Crippen LogP contribution in [0.3, 0.4) is 0 Å². The van der Waals surface area contributed by atoms with Crippen LogP contribution >= 0.6 is 11.6 Å². The van der Waals surface area contributed by atoms with Crippen LogP contribution in [0.1, 0.15) is 15.9 Å². The average Bonchev–Trinajstić information content (AvgIpc) is 2.47. The van der Waals surface area contributed by atoms with E-state index < -0.39 is 27.4 Å². The lowest BCUT2D eigenvalue weighted by atomic mass is 10.1. The number of carbonyl (C=O) groups is 2. The quantitative estimate of drug-likeness (QED) is 0.856. The van der Waals surface area contributed by atoms with E-state index in [2.05, 4.69) is 10.6 Å². The van der Waals surface area contributed by atoms with Gasteiger partial charge in [0.15, 0.2) is 9.84 Å². The first-order chi connectivity index (χ1) is 11.3. The molecule has 0 unspecified atom stereocenters. The molecule has 124 valence electrons. The molecule has 0 spiro atoms. The Balaban J connectivity index is 1.95. The van der Waals surface area contributed by atoms with Gasteiger partial charge in [-0.2, -0.15) is 0 Å². The maximum atomic E-state index is 12.4. The first kappa shape index (κ1) is 16.5. The van der Waals surface area contributed by atoms with E-state index in [1.54, 1.807) is 25.1 Å². The summed E-state index contributed by atoms with van der Waals surface area (Å²) in [5.41, 5.74) is 1.54. The average molecular weight is 365 g/mol. The Bertz CT molecular complexity index is 950. The molecule has 0 atom stereocenters. The fourth-order valence-electron chi connectivity index (χ4n) is 2.51. The van der Waals surface area contributed by atoms with Crippen molar-refractivity contribution in [3.8, 4) is 0 Å². The number of aryl methyl sites for hydroxylation is 1. The summed E-state index contributed by atoms with van der Waals surface area (Å²) in [7, 11) is -3.72. The monoisotopic (exact) mass is 364 g/mol. The van der Waals surface area contributed by atoms with E-state index in [1.165, 1.54) is 18.2 Å². The molecule has 0 aliphatic carbocycles. The minimum atomic E-state index is -3.72. The summed E-state index contributed by atoms with van der Waals surface area (Å²) in [5.74, 6) is -1.62. The van der Waals surface area contributed by atoms with E-state index >= 15 is 0 Å². The van der Waals surface area contributed by atoms with E-state index in [9.17, 15) is 18.0 Å². The number of carbonyl (C=O) groups excluding carboxylic acids is 2. The number of anilines is 2. The predicted molar refractivity (Wildman–Crippen MR) is 91.3 cm³/mol. The number of halogens is 1. The smallest absolute Gasteiger partial charge is 0.257 e. The van der Waals surface area contributed by atoms with Gasteiger partial charge >= 0.3 is 0 Å². The second-order valence-electron chi connectivity index (χ2n) is 5.40. The van der Waals surface area contributed by atoms with Crippen molar-refractivity contribution in [2.75, 3.05) is 16.4 Å². The van der Waals surface area contributed by atoms with Crippen molar-refractivity contribution in [2.24, 2.45) is 0 Å². The van der Waals surface area contributed by atoms with Gasteiger partial charge in [0.05, 0.1) is 21.2 Å². The van der Waals surface area contributed by atoms with E-state index in [4.69, 9.17) is 11.6 Å². The minimum Gasteiger partial charge on any atom is -0.324 e. The van der Waals surface area contributed by atoms with E-state index in [0.717, 1.165) is 0 Å². The summed E-state index contributed by atoms with van der Waals surface area (Å²) in [6, 6.07) is 9.39. The summed E-state index contributed by atoms with van der Waals surface area (Å²) in [4.78, 5) is 23.8. The maximum Gasteiger partial charge on any atom is 0.257 e. The van der Waals surface area contributed by atoms with Crippen molar-refractivity contribution >= 4 is 44.6 Å². The second kappa shape index (κ2) is 5.92. The van der Waals surface area contributed by atoms with Crippen LogP contribution in [0.25, 0.3) is 0 Å². The molecule has 6 nitrogen and oxygen atoms in total. The van der Waals surface area contributed by atoms with Crippen molar-refractivity contribution in [3.63, 3.8) is 0 Å². The third-order valence-electron chi connectivity index (χ3n) is 3.62. The van der Waals surface area contributed by atoms with Gasteiger partial charge in [-0.15, -0.1) is 0 Å². The molecule has 2 N–H and O–H groups in total. The predicted octanol–water partition coefficient (Wildman–Crippen LogP) is 2.63. The van der Waals surface area contributed by atoms with Crippen LogP contribution in [0.4, 0.5) is 11.4 Å². The number of fused-ring (bicyclic) bond motifs is 1. The fraction of sp³-hybridized carbons (Fsp3) is 0.125. The van der Waals surface area contributed by atoms with Gasteiger partial charge in [-0.25, -0.2) is 8.42 Å². The summed E-state index contributed by atoms with van der Waals surface area (Å²) in [6.07, 6.45) is 0. The molecule has 3 rings (SSSR count). The minimum absolute atomic E-state index is 0.0178. The van der Waals surface area contributed by atoms with Crippen LogP contribution in [0.5, 0.6) is 0 Å². The number of sulfone groups is 1. The molecule has 1 heterocycles. The molecule has 8 heteroatoms. The molecular formula is C16H13ClN2O4S. The van der Waals surface area contributed by atoms with E-state index in [0.29, 0.717) is 21.8 Å². The van der Waals surface area contributed by atoms with Gasteiger partial charge in [0.2, 0.25) is 5.91 Å². The lowest BCUT2D eigenvalue weighted by molar-refractivity contribution is -0.114. The zero-order valence-electron chi connectivity index (χ0n) is 12.6. The molecule has 0 saturated carbocycles. The molecule has 0 saturated heterocycles. The highest BCUT2D eigenvalue weighted by Crippen LogP contribution is 2.30. The number of amides is 2. The number of hydrogen-bond acceptors (Lipinski definition) is 4. The number of rotatable bonds is 2. The van der Waals surface area contributed by atoms with Crippen LogP contribution in [-0.4, -0.2) is 26.0 Å². The Labute approximate surface area is 143 Å². The second-order valence-corrected chi connectivity index (χ2v) is 7.77. The first-order valence-corrected chi connectivity index (χ1v) is 9.04. The molecule has 1 aliphatic heterocycles. The van der Waals surface area contributed by atoms with Gasteiger partial charge in [0, 0.05) is 5.69 Å². The van der Waals surface area contributed by atoms with Gasteiger partial charge in [0.25, 0.3) is 5.91 Å². The number of nitrogens with one attached hydrogen (secondary N) is 2. The summed E-state index contributed by atoms with van der Waals surface area (Å²) in [5, 5.41) is 5.44. The highest BCUT2D eigenvalue weighted by Gasteiger charge is 2.29. The molecule has 0 fully saturated rings. The van der Waals surface area contributed by atoms with E-state index in [-0.39, 0.29) is 10.6 Å². The van der Waals surface area contributed by atoms with Gasteiger partial charge in [0.1, 0.15) is 5.75 Å². The molecule has 2 aromatic carbocycles. The molecular weight excluding hydrogens is 352 g/mol. The van der Waals surface area contributed by atoms with Crippen LogP contribution in [0, 0.1) is 6.92 Å². The normalized spacial score (nSPS) is 15.3. The van der Waals surface area contributed by atoms with Crippen molar-refractivity contribution in [2.45, 2.75) is 11.8 Å². The molecule has 1 aliphatic rings. The lowest BCUT2D eigenvalue weighted by Crippen LogP contribution is -2.29. The van der Waals surface area contributed by atoms with Crippen molar-refractivity contribution < 1.29 is 18.0 Å².